The van der Waals surface area contributed by atoms with Crippen molar-refractivity contribution < 1.29 is 9.47 Å². The molecule has 0 aliphatic carbocycles. The minimum absolute atomic E-state index is 0.488. The number of halogens is 1. The number of benzene rings is 2. The van der Waals surface area contributed by atoms with Gasteiger partial charge in [0.25, 0.3) is 0 Å². The lowest BCUT2D eigenvalue weighted by molar-refractivity contribution is 0.291. The van der Waals surface area contributed by atoms with Gasteiger partial charge >= 0.3 is 0 Å². The predicted octanol–water partition coefficient (Wildman–Crippen LogP) is 4.41. The van der Waals surface area contributed by atoms with Gasteiger partial charge in [-0.05, 0) is 42.5 Å². The van der Waals surface area contributed by atoms with Crippen LogP contribution in [0.15, 0.2) is 66.9 Å². The second kappa shape index (κ2) is 7.00. The van der Waals surface area contributed by atoms with E-state index in [1.54, 1.807) is 10.7 Å². The molecule has 0 aliphatic rings. The first-order valence-corrected chi connectivity index (χ1v) is 7.32. The molecule has 4 nitrogen and oxygen atoms in total. The van der Waals surface area contributed by atoms with E-state index in [0.717, 1.165) is 17.2 Å². The Morgan fingerprint density at radius 2 is 1.55 bits per heavy atom. The zero-order valence-electron chi connectivity index (χ0n) is 11.9. The highest BCUT2D eigenvalue weighted by Crippen LogP contribution is 2.23. The summed E-state index contributed by atoms with van der Waals surface area (Å²) in [6.07, 6.45) is 1.82. The Balaban J connectivity index is 1.51. The molecule has 0 atom stereocenters. The summed E-state index contributed by atoms with van der Waals surface area (Å²) in [6, 6.07) is 18.9. The standard InChI is InChI=1S/C17H15ClN2O2/c18-17-10-11-20(19-17)12-13-21-14-6-8-16(9-7-14)22-15-4-2-1-3-5-15/h1-11H,12-13H2. The number of hydrogen-bond donors (Lipinski definition) is 0. The third kappa shape index (κ3) is 4.02. The molecule has 0 radical (unpaired) electrons. The molecule has 2 aromatic carbocycles. The largest absolute Gasteiger partial charge is 0.492 e. The van der Waals surface area contributed by atoms with Crippen LogP contribution >= 0.6 is 11.6 Å². The first-order valence-electron chi connectivity index (χ1n) is 6.94. The molecule has 0 unspecified atom stereocenters. The molecule has 3 rings (SSSR count). The molecular formula is C17H15ClN2O2. The number of hydrogen-bond acceptors (Lipinski definition) is 3. The van der Waals surface area contributed by atoms with Crippen LogP contribution in [-0.4, -0.2) is 16.4 Å². The summed E-state index contributed by atoms with van der Waals surface area (Å²) in [5, 5.41) is 4.57. The van der Waals surface area contributed by atoms with Gasteiger partial charge in [0, 0.05) is 6.20 Å². The SMILES string of the molecule is Clc1ccn(CCOc2ccc(Oc3ccccc3)cc2)n1. The van der Waals surface area contributed by atoms with Gasteiger partial charge in [0.05, 0.1) is 6.54 Å². The van der Waals surface area contributed by atoms with Crippen LogP contribution in [0.25, 0.3) is 0 Å². The normalized spacial score (nSPS) is 10.4. The molecule has 22 heavy (non-hydrogen) atoms. The number of nitrogens with zero attached hydrogens (tertiary/aromatic N) is 2. The fraction of sp³-hybridized carbons (Fsp3) is 0.118. The van der Waals surface area contributed by atoms with Gasteiger partial charge in [0.2, 0.25) is 0 Å². The van der Waals surface area contributed by atoms with E-state index in [-0.39, 0.29) is 0 Å². The van der Waals surface area contributed by atoms with Crippen LogP contribution in [0.5, 0.6) is 17.2 Å². The average Bonchev–Trinajstić information content (AvgIpc) is 2.96. The molecular weight excluding hydrogens is 300 g/mol. The lowest BCUT2D eigenvalue weighted by Crippen LogP contribution is -2.08. The van der Waals surface area contributed by atoms with E-state index in [9.17, 15) is 0 Å². The molecule has 0 bridgehead atoms. The predicted molar refractivity (Wildman–Crippen MR) is 85.7 cm³/mol. The fourth-order valence-electron chi connectivity index (χ4n) is 1.95. The molecule has 1 aromatic heterocycles. The molecule has 0 N–H and O–H groups in total. The molecule has 0 amide bonds. The number of para-hydroxylation sites is 1. The van der Waals surface area contributed by atoms with Crippen molar-refractivity contribution in [1.82, 2.24) is 9.78 Å². The van der Waals surface area contributed by atoms with Gasteiger partial charge in [0.1, 0.15) is 23.9 Å². The highest BCUT2D eigenvalue weighted by Gasteiger charge is 1.99. The Hall–Kier alpha value is -2.46. The molecule has 3 aromatic rings. The molecule has 112 valence electrons. The van der Waals surface area contributed by atoms with Gasteiger partial charge in [-0.15, -0.1) is 0 Å². The zero-order chi connectivity index (χ0) is 15.2. The minimum Gasteiger partial charge on any atom is -0.492 e. The number of ether oxygens (including phenoxy) is 2. The van der Waals surface area contributed by atoms with E-state index < -0.39 is 0 Å². The second-order valence-electron chi connectivity index (χ2n) is 4.64. The average molecular weight is 315 g/mol. The maximum Gasteiger partial charge on any atom is 0.151 e. The van der Waals surface area contributed by atoms with Crippen LogP contribution in [0.3, 0.4) is 0 Å². The number of rotatable bonds is 6. The summed E-state index contributed by atoms with van der Waals surface area (Å²) < 4.78 is 13.1. The van der Waals surface area contributed by atoms with Crippen LogP contribution in [0.1, 0.15) is 0 Å². The summed E-state index contributed by atoms with van der Waals surface area (Å²) in [5.74, 6) is 2.38. The van der Waals surface area contributed by atoms with Gasteiger partial charge in [0.15, 0.2) is 5.15 Å². The zero-order valence-corrected chi connectivity index (χ0v) is 12.6. The molecule has 0 saturated carbocycles. The lowest BCUT2D eigenvalue weighted by Gasteiger charge is -2.08. The second-order valence-corrected chi connectivity index (χ2v) is 5.02. The van der Waals surface area contributed by atoms with Gasteiger partial charge in [-0.1, -0.05) is 29.8 Å². The first kappa shape index (κ1) is 14.5. The van der Waals surface area contributed by atoms with E-state index in [4.69, 9.17) is 21.1 Å². The Morgan fingerprint density at radius 1 is 0.864 bits per heavy atom. The fourth-order valence-corrected chi connectivity index (χ4v) is 2.10. The van der Waals surface area contributed by atoms with E-state index in [0.29, 0.717) is 18.3 Å². The van der Waals surface area contributed by atoms with Crippen molar-refractivity contribution in [2.24, 2.45) is 0 Å². The summed E-state index contributed by atoms with van der Waals surface area (Å²) in [7, 11) is 0. The molecule has 0 aliphatic heterocycles. The van der Waals surface area contributed by atoms with Crippen LogP contribution < -0.4 is 9.47 Å². The van der Waals surface area contributed by atoms with Crippen molar-refractivity contribution in [2.45, 2.75) is 6.54 Å². The lowest BCUT2D eigenvalue weighted by atomic mass is 10.3. The van der Waals surface area contributed by atoms with Crippen LogP contribution in [0, 0.1) is 0 Å². The van der Waals surface area contributed by atoms with E-state index >= 15 is 0 Å². The summed E-state index contributed by atoms with van der Waals surface area (Å²) in [6.45, 7) is 1.17. The quantitative estimate of drug-likeness (QED) is 0.676. The highest BCUT2D eigenvalue weighted by molar-refractivity contribution is 6.29. The first-order chi connectivity index (χ1) is 10.8. The van der Waals surface area contributed by atoms with E-state index in [1.165, 1.54) is 0 Å². The molecule has 5 heteroatoms. The Bertz CT molecular complexity index is 711. The Kier molecular flexibility index (Phi) is 4.61. The molecule has 1 heterocycles. The maximum absolute atomic E-state index is 5.75. The monoisotopic (exact) mass is 314 g/mol. The van der Waals surface area contributed by atoms with Crippen LogP contribution in [0.4, 0.5) is 0 Å². The van der Waals surface area contributed by atoms with Crippen LogP contribution in [-0.2, 0) is 6.54 Å². The van der Waals surface area contributed by atoms with Gasteiger partial charge in [-0.25, -0.2) is 0 Å². The van der Waals surface area contributed by atoms with Crippen molar-refractivity contribution in [1.29, 1.82) is 0 Å². The summed E-state index contributed by atoms with van der Waals surface area (Å²) in [5.41, 5.74) is 0. The Labute approximate surface area is 133 Å². The van der Waals surface area contributed by atoms with Crippen molar-refractivity contribution in [3.63, 3.8) is 0 Å². The topological polar surface area (TPSA) is 36.3 Å². The van der Waals surface area contributed by atoms with Gasteiger partial charge in [-0.2, -0.15) is 5.10 Å². The molecule has 0 fully saturated rings. The third-order valence-electron chi connectivity index (χ3n) is 3.00. The minimum atomic E-state index is 0.488. The van der Waals surface area contributed by atoms with Gasteiger partial charge < -0.3 is 9.47 Å². The third-order valence-corrected chi connectivity index (χ3v) is 3.20. The smallest absolute Gasteiger partial charge is 0.151 e. The summed E-state index contributed by atoms with van der Waals surface area (Å²) >= 11 is 5.75. The molecule has 0 spiro atoms. The van der Waals surface area contributed by atoms with Crippen molar-refractivity contribution in [3.8, 4) is 17.2 Å². The van der Waals surface area contributed by atoms with E-state index in [1.807, 2.05) is 60.8 Å². The van der Waals surface area contributed by atoms with E-state index in [2.05, 4.69) is 5.10 Å². The maximum atomic E-state index is 5.75. The Morgan fingerprint density at radius 3 is 2.23 bits per heavy atom. The summed E-state index contributed by atoms with van der Waals surface area (Å²) in [4.78, 5) is 0. The molecule has 0 saturated heterocycles. The number of aromatic nitrogens is 2. The van der Waals surface area contributed by atoms with Crippen molar-refractivity contribution in [2.75, 3.05) is 6.61 Å². The van der Waals surface area contributed by atoms with Crippen molar-refractivity contribution in [3.05, 3.63) is 72.0 Å². The van der Waals surface area contributed by atoms with Crippen LogP contribution in [0.2, 0.25) is 5.15 Å². The van der Waals surface area contributed by atoms with Crippen molar-refractivity contribution >= 4 is 11.6 Å². The van der Waals surface area contributed by atoms with Gasteiger partial charge in [-0.3, -0.25) is 4.68 Å². The highest BCUT2D eigenvalue weighted by atomic mass is 35.5.